The fourth-order valence-corrected chi connectivity index (χ4v) is 2.12. The Hall–Kier alpha value is -1.60. The van der Waals surface area contributed by atoms with E-state index < -0.39 is 23.5 Å². The third-order valence-corrected chi connectivity index (χ3v) is 3.72. The van der Waals surface area contributed by atoms with E-state index in [-0.39, 0.29) is 10.6 Å². The van der Waals surface area contributed by atoms with Crippen molar-refractivity contribution in [1.29, 1.82) is 0 Å². The van der Waals surface area contributed by atoms with Crippen LogP contribution < -0.4 is 5.32 Å². The predicted octanol–water partition coefficient (Wildman–Crippen LogP) is 3.37. The molecule has 0 aliphatic carbocycles. The van der Waals surface area contributed by atoms with E-state index in [1.54, 1.807) is 0 Å². The largest absolute Gasteiger partial charge is 0.419 e. The van der Waals surface area contributed by atoms with Crippen LogP contribution in [-0.2, 0) is 19.1 Å². The number of esters is 2. The van der Waals surface area contributed by atoms with Crippen molar-refractivity contribution in [2.45, 2.75) is 19.6 Å². The minimum Gasteiger partial charge on any atom is -0.419 e. The maximum absolute atomic E-state index is 13.5. The van der Waals surface area contributed by atoms with Crippen molar-refractivity contribution in [1.82, 2.24) is 0 Å². The Bertz CT molecular complexity index is 615. The molecule has 112 valence electrons. The monoisotopic (exact) mass is 377 g/mol. The molecule has 1 heterocycles. The molecule has 0 aromatic heterocycles. The summed E-state index contributed by atoms with van der Waals surface area (Å²) < 4.78 is 23.6. The van der Waals surface area contributed by atoms with Gasteiger partial charge in [-0.1, -0.05) is 11.6 Å². The Morgan fingerprint density at radius 3 is 2.38 bits per heavy atom. The van der Waals surface area contributed by atoms with Gasteiger partial charge >= 0.3 is 11.9 Å². The second kappa shape index (κ2) is 5.65. The zero-order chi connectivity index (χ0) is 15.8. The number of hydrogen-bond acceptors (Lipinski definition) is 5. The van der Waals surface area contributed by atoms with Gasteiger partial charge in [0.1, 0.15) is 5.82 Å². The number of cyclic esters (lactones) is 2. The van der Waals surface area contributed by atoms with Gasteiger partial charge in [-0.3, -0.25) is 0 Å². The molecule has 0 radical (unpaired) electrons. The van der Waals surface area contributed by atoms with Gasteiger partial charge in [-0.15, -0.1) is 0 Å². The second-order valence-corrected chi connectivity index (χ2v) is 5.87. The lowest BCUT2D eigenvalue weighted by atomic mass is 10.2. The highest BCUT2D eigenvalue weighted by Gasteiger charge is 2.38. The Balaban J connectivity index is 2.22. The standard InChI is InChI=1S/C13H10BrClFNO4/c1-13(2)20-11(18)7(12(19)21-13)5-17-6-3-8(14)10(15)9(16)4-6/h3-5,17H,1-2H3. The van der Waals surface area contributed by atoms with Gasteiger partial charge in [-0.05, 0) is 28.1 Å². The lowest BCUT2D eigenvalue weighted by Crippen LogP contribution is -2.42. The number of halogens is 3. The molecule has 5 nitrogen and oxygen atoms in total. The summed E-state index contributed by atoms with van der Waals surface area (Å²) in [7, 11) is 0. The van der Waals surface area contributed by atoms with E-state index in [1.165, 1.54) is 19.9 Å². The summed E-state index contributed by atoms with van der Waals surface area (Å²) >= 11 is 8.75. The van der Waals surface area contributed by atoms with Crippen LogP contribution in [0.4, 0.5) is 10.1 Å². The number of nitrogens with one attached hydrogen (secondary N) is 1. The van der Waals surface area contributed by atoms with E-state index in [2.05, 4.69) is 21.2 Å². The van der Waals surface area contributed by atoms with Crippen LogP contribution in [-0.4, -0.2) is 17.7 Å². The average Bonchev–Trinajstić information content (AvgIpc) is 2.33. The number of ether oxygens (including phenoxy) is 2. The van der Waals surface area contributed by atoms with Gasteiger partial charge in [0.05, 0.1) is 5.02 Å². The molecule has 0 spiro atoms. The zero-order valence-corrected chi connectivity index (χ0v) is 13.3. The molecule has 0 unspecified atom stereocenters. The molecule has 1 aromatic carbocycles. The topological polar surface area (TPSA) is 64.6 Å². The first kappa shape index (κ1) is 15.8. The second-order valence-electron chi connectivity index (χ2n) is 4.64. The van der Waals surface area contributed by atoms with Crippen molar-refractivity contribution < 1.29 is 23.5 Å². The number of rotatable bonds is 2. The van der Waals surface area contributed by atoms with E-state index in [0.717, 1.165) is 12.3 Å². The minimum atomic E-state index is -1.30. The molecule has 0 amide bonds. The number of anilines is 1. The van der Waals surface area contributed by atoms with Gasteiger partial charge in [-0.25, -0.2) is 14.0 Å². The fraction of sp³-hybridized carbons (Fsp3) is 0.231. The lowest BCUT2D eigenvalue weighted by molar-refractivity contribution is -0.222. The molecule has 1 aliphatic rings. The first-order chi connectivity index (χ1) is 9.69. The number of hydrogen-bond donors (Lipinski definition) is 1. The first-order valence-electron chi connectivity index (χ1n) is 5.77. The quantitative estimate of drug-likeness (QED) is 0.370. The van der Waals surface area contributed by atoms with Crippen molar-refractivity contribution in [2.24, 2.45) is 0 Å². The van der Waals surface area contributed by atoms with Gasteiger partial charge in [0.15, 0.2) is 5.57 Å². The average molecular weight is 379 g/mol. The lowest BCUT2D eigenvalue weighted by Gasteiger charge is -2.29. The molecule has 21 heavy (non-hydrogen) atoms. The van der Waals surface area contributed by atoms with Crippen molar-refractivity contribution in [3.05, 3.63) is 39.2 Å². The molecule has 0 saturated carbocycles. The highest BCUT2D eigenvalue weighted by Crippen LogP contribution is 2.29. The number of carbonyl (C=O) groups is 2. The molecular formula is C13H10BrClFNO4. The molecule has 1 aliphatic heterocycles. The van der Waals surface area contributed by atoms with Gasteiger partial charge in [-0.2, -0.15) is 0 Å². The summed E-state index contributed by atoms with van der Waals surface area (Å²) in [5.41, 5.74) is -0.0254. The van der Waals surface area contributed by atoms with Crippen molar-refractivity contribution in [3.8, 4) is 0 Å². The Labute approximate surface area is 133 Å². The van der Waals surface area contributed by atoms with E-state index in [0.29, 0.717) is 10.2 Å². The van der Waals surface area contributed by atoms with Crippen LogP contribution in [0.5, 0.6) is 0 Å². The molecule has 1 saturated heterocycles. The van der Waals surface area contributed by atoms with Crippen LogP contribution in [0.2, 0.25) is 5.02 Å². The molecule has 2 rings (SSSR count). The molecule has 1 N–H and O–H groups in total. The minimum absolute atomic E-state index is 0.0635. The van der Waals surface area contributed by atoms with Gasteiger partial charge in [0.25, 0.3) is 5.79 Å². The summed E-state index contributed by atoms with van der Waals surface area (Å²) in [6.45, 7) is 2.89. The molecule has 1 fully saturated rings. The molecule has 8 heteroatoms. The highest BCUT2D eigenvalue weighted by atomic mass is 79.9. The van der Waals surface area contributed by atoms with Crippen LogP contribution in [0.25, 0.3) is 0 Å². The molecule has 0 atom stereocenters. The smallest absolute Gasteiger partial charge is 0.350 e. The van der Waals surface area contributed by atoms with Gasteiger partial charge < -0.3 is 14.8 Å². The Morgan fingerprint density at radius 2 is 1.86 bits per heavy atom. The molecule has 1 aromatic rings. The Morgan fingerprint density at radius 1 is 1.29 bits per heavy atom. The van der Waals surface area contributed by atoms with Crippen LogP contribution in [0.3, 0.4) is 0 Å². The van der Waals surface area contributed by atoms with Crippen LogP contribution in [0.15, 0.2) is 28.4 Å². The van der Waals surface area contributed by atoms with E-state index in [1.807, 2.05) is 0 Å². The maximum atomic E-state index is 13.5. The van der Waals surface area contributed by atoms with Crippen molar-refractivity contribution in [3.63, 3.8) is 0 Å². The fourth-order valence-electron chi connectivity index (χ4n) is 1.57. The Kier molecular flexibility index (Phi) is 4.25. The third kappa shape index (κ3) is 3.54. The van der Waals surface area contributed by atoms with E-state index in [9.17, 15) is 14.0 Å². The number of benzene rings is 1. The molecule has 0 bridgehead atoms. The SMILES string of the molecule is CC1(C)OC(=O)C(=CNc2cc(F)c(Cl)c(Br)c2)C(=O)O1. The van der Waals surface area contributed by atoms with Crippen molar-refractivity contribution in [2.75, 3.05) is 5.32 Å². The van der Waals surface area contributed by atoms with Crippen LogP contribution in [0, 0.1) is 5.82 Å². The maximum Gasteiger partial charge on any atom is 0.350 e. The summed E-state index contributed by atoms with van der Waals surface area (Å²) in [6, 6.07) is 2.61. The summed E-state index contributed by atoms with van der Waals surface area (Å²) in [6.07, 6.45) is 1.09. The zero-order valence-electron chi connectivity index (χ0n) is 11.0. The normalized spacial score (nSPS) is 17.1. The summed E-state index contributed by atoms with van der Waals surface area (Å²) in [4.78, 5) is 23.4. The third-order valence-electron chi connectivity index (χ3n) is 2.48. The van der Waals surface area contributed by atoms with Crippen molar-refractivity contribution >= 4 is 45.2 Å². The molecular weight excluding hydrogens is 369 g/mol. The summed E-state index contributed by atoms with van der Waals surface area (Å²) in [5.74, 6) is -3.60. The van der Waals surface area contributed by atoms with Crippen LogP contribution in [0.1, 0.15) is 13.8 Å². The van der Waals surface area contributed by atoms with Crippen LogP contribution >= 0.6 is 27.5 Å². The van der Waals surface area contributed by atoms with Gasteiger partial charge in [0.2, 0.25) is 0 Å². The van der Waals surface area contributed by atoms with E-state index in [4.69, 9.17) is 21.1 Å². The predicted molar refractivity (Wildman–Crippen MR) is 77.1 cm³/mol. The first-order valence-corrected chi connectivity index (χ1v) is 6.94. The number of carbonyl (C=O) groups excluding carboxylic acids is 2. The highest BCUT2D eigenvalue weighted by molar-refractivity contribution is 9.10. The summed E-state index contributed by atoms with van der Waals surface area (Å²) in [5, 5.41) is 2.56. The van der Waals surface area contributed by atoms with E-state index >= 15 is 0 Å². The van der Waals surface area contributed by atoms with Gasteiger partial charge in [0, 0.05) is 30.2 Å².